The molecule has 0 unspecified atom stereocenters. The molecule has 0 aromatic heterocycles. The first-order chi connectivity index (χ1) is 11.2. The molecular formula is C18H27N3O2. The Bertz CT molecular complexity index is 525. The number of anilines is 2. The Morgan fingerprint density at radius 3 is 2.48 bits per heavy atom. The molecule has 5 nitrogen and oxygen atoms in total. The number of hydrogen-bond donors (Lipinski definition) is 3. The summed E-state index contributed by atoms with van der Waals surface area (Å²) in [6.07, 6.45) is 6.77. The molecule has 0 aliphatic heterocycles. The smallest absolute Gasteiger partial charge is 0.227 e. The summed E-state index contributed by atoms with van der Waals surface area (Å²) in [7, 11) is 1.87. The molecule has 23 heavy (non-hydrogen) atoms. The summed E-state index contributed by atoms with van der Waals surface area (Å²) in [5, 5.41) is 8.87. The molecule has 1 aromatic rings. The van der Waals surface area contributed by atoms with Gasteiger partial charge in [0.1, 0.15) is 0 Å². The molecular weight excluding hydrogens is 290 g/mol. The van der Waals surface area contributed by atoms with Crippen LogP contribution in [0.5, 0.6) is 0 Å². The van der Waals surface area contributed by atoms with Gasteiger partial charge >= 0.3 is 0 Å². The van der Waals surface area contributed by atoms with Crippen LogP contribution in [0.15, 0.2) is 24.3 Å². The van der Waals surface area contributed by atoms with Crippen molar-refractivity contribution in [3.63, 3.8) is 0 Å². The van der Waals surface area contributed by atoms with E-state index in [2.05, 4.69) is 16.0 Å². The van der Waals surface area contributed by atoms with Gasteiger partial charge in [0.2, 0.25) is 11.8 Å². The second-order valence-electron chi connectivity index (χ2n) is 6.16. The number of rotatable bonds is 7. The first kappa shape index (κ1) is 17.5. The van der Waals surface area contributed by atoms with Crippen LogP contribution >= 0.6 is 0 Å². The van der Waals surface area contributed by atoms with Crippen LogP contribution in [0.25, 0.3) is 0 Å². The topological polar surface area (TPSA) is 70.2 Å². The number of carbonyl (C=O) groups excluding carboxylic acids is 2. The highest BCUT2D eigenvalue weighted by molar-refractivity contribution is 5.95. The first-order valence-electron chi connectivity index (χ1n) is 8.54. The summed E-state index contributed by atoms with van der Waals surface area (Å²) in [4.78, 5) is 24.1. The molecule has 0 radical (unpaired) electrons. The van der Waals surface area contributed by atoms with Crippen molar-refractivity contribution in [3.8, 4) is 0 Å². The largest absolute Gasteiger partial charge is 0.326 e. The van der Waals surface area contributed by atoms with Gasteiger partial charge in [0.05, 0.1) is 0 Å². The Kier molecular flexibility index (Phi) is 7.07. The van der Waals surface area contributed by atoms with E-state index in [4.69, 9.17) is 0 Å². The third-order valence-electron chi connectivity index (χ3n) is 4.22. The third kappa shape index (κ3) is 6.02. The summed E-state index contributed by atoms with van der Waals surface area (Å²) >= 11 is 0. The van der Waals surface area contributed by atoms with Gasteiger partial charge in [-0.05, 0) is 51.1 Å². The zero-order valence-electron chi connectivity index (χ0n) is 13.9. The number of nitrogens with one attached hydrogen (secondary N) is 3. The molecule has 1 fully saturated rings. The minimum Gasteiger partial charge on any atom is -0.326 e. The lowest BCUT2D eigenvalue weighted by Crippen LogP contribution is -2.24. The van der Waals surface area contributed by atoms with E-state index in [1.54, 1.807) is 0 Å². The maximum Gasteiger partial charge on any atom is 0.227 e. The van der Waals surface area contributed by atoms with Crippen molar-refractivity contribution < 1.29 is 9.59 Å². The van der Waals surface area contributed by atoms with Crippen molar-refractivity contribution in [3.05, 3.63) is 24.3 Å². The average Bonchev–Trinajstić information content (AvgIpc) is 2.56. The van der Waals surface area contributed by atoms with E-state index >= 15 is 0 Å². The van der Waals surface area contributed by atoms with E-state index in [1.807, 2.05) is 31.3 Å². The second kappa shape index (κ2) is 9.30. The zero-order valence-corrected chi connectivity index (χ0v) is 13.9. The van der Waals surface area contributed by atoms with E-state index in [0.717, 1.165) is 50.0 Å². The van der Waals surface area contributed by atoms with Gasteiger partial charge in [0, 0.05) is 23.7 Å². The fourth-order valence-corrected chi connectivity index (χ4v) is 2.93. The monoisotopic (exact) mass is 317 g/mol. The normalized spacial score (nSPS) is 15.2. The Hall–Kier alpha value is -1.88. The lowest BCUT2D eigenvalue weighted by atomic mass is 9.88. The van der Waals surface area contributed by atoms with Crippen LogP contribution in [-0.4, -0.2) is 25.4 Å². The molecule has 1 aliphatic rings. The average molecular weight is 317 g/mol. The summed E-state index contributed by atoms with van der Waals surface area (Å²) < 4.78 is 0. The highest BCUT2D eigenvalue weighted by Crippen LogP contribution is 2.25. The highest BCUT2D eigenvalue weighted by Gasteiger charge is 2.21. The minimum absolute atomic E-state index is 0.00370. The van der Waals surface area contributed by atoms with Crippen LogP contribution in [0.2, 0.25) is 0 Å². The van der Waals surface area contributed by atoms with Crippen molar-refractivity contribution in [1.82, 2.24) is 5.32 Å². The molecule has 1 saturated carbocycles. The molecule has 0 saturated heterocycles. The van der Waals surface area contributed by atoms with Crippen molar-refractivity contribution in [2.24, 2.45) is 5.92 Å². The standard InChI is InChI=1S/C18H27N3O2/c1-19-12-6-11-17(22)20-15-9-5-10-16(13-15)21-18(23)14-7-3-2-4-8-14/h5,9-10,13-14,19H,2-4,6-8,11-12H2,1H3,(H,20,22)(H,21,23). The molecule has 3 N–H and O–H groups in total. The van der Waals surface area contributed by atoms with Crippen molar-refractivity contribution >= 4 is 23.2 Å². The SMILES string of the molecule is CNCCCC(=O)Nc1cccc(NC(=O)C2CCCCC2)c1. The van der Waals surface area contributed by atoms with E-state index in [0.29, 0.717) is 6.42 Å². The van der Waals surface area contributed by atoms with E-state index in [-0.39, 0.29) is 17.7 Å². The summed E-state index contributed by atoms with van der Waals surface area (Å²) in [5.74, 6) is 0.224. The van der Waals surface area contributed by atoms with Crippen molar-refractivity contribution in [1.29, 1.82) is 0 Å². The van der Waals surface area contributed by atoms with E-state index < -0.39 is 0 Å². The fourth-order valence-electron chi connectivity index (χ4n) is 2.93. The van der Waals surface area contributed by atoms with Crippen LogP contribution in [0.4, 0.5) is 11.4 Å². The Labute approximate surface area is 138 Å². The highest BCUT2D eigenvalue weighted by atomic mass is 16.2. The van der Waals surface area contributed by atoms with Crippen molar-refractivity contribution in [2.75, 3.05) is 24.2 Å². The van der Waals surface area contributed by atoms with Crippen LogP contribution < -0.4 is 16.0 Å². The Balaban J connectivity index is 1.86. The van der Waals surface area contributed by atoms with Gasteiger partial charge in [0.25, 0.3) is 0 Å². The van der Waals surface area contributed by atoms with Crippen molar-refractivity contribution in [2.45, 2.75) is 44.9 Å². The predicted octanol–water partition coefficient (Wildman–Crippen LogP) is 3.14. The van der Waals surface area contributed by atoms with Gasteiger partial charge in [-0.2, -0.15) is 0 Å². The summed E-state index contributed by atoms with van der Waals surface area (Å²) in [6.45, 7) is 0.824. The van der Waals surface area contributed by atoms with Crippen LogP contribution in [0.3, 0.4) is 0 Å². The molecule has 0 spiro atoms. The molecule has 1 aromatic carbocycles. The lowest BCUT2D eigenvalue weighted by molar-refractivity contribution is -0.120. The van der Waals surface area contributed by atoms with Gasteiger partial charge in [-0.25, -0.2) is 0 Å². The molecule has 126 valence electrons. The first-order valence-corrected chi connectivity index (χ1v) is 8.54. The molecule has 0 atom stereocenters. The van der Waals surface area contributed by atoms with Crippen LogP contribution in [0, 0.1) is 5.92 Å². The predicted molar refractivity (Wildman–Crippen MR) is 93.4 cm³/mol. The minimum atomic E-state index is -0.00370. The molecule has 2 amide bonds. The van der Waals surface area contributed by atoms with Gasteiger partial charge in [-0.15, -0.1) is 0 Å². The Morgan fingerprint density at radius 1 is 1.09 bits per heavy atom. The number of carbonyl (C=O) groups is 2. The van der Waals surface area contributed by atoms with Gasteiger partial charge in [0.15, 0.2) is 0 Å². The summed E-state index contributed by atoms with van der Waals surface area (Å²) in [6, 6.07) is 7.36. The lowest BCUT2D eigenvalue weighted by Gasteiger charge is -2.20. The molecule has 0 bridgehead atoms. The quantitative estimate of drug-likeness (QED) is 0.677. The van der Waals surface area contributed by atoms with Crippen LogP contribution in [0.1, 0.15) is 44.9 Å². The second-order valence-corrected chi connectivity index (χ2v) is 6.16. The zero-order chi connectivity index (χ0) is 16.5. The maximum absolute atomic E-state index is 12.3. The molecule has 5 heteroatoms. The van der Waals surface area contributed by atoms with Gasteiger partial charge in [-0.3, -0.25) is 9.59 Å². The summed E-state index contributed by atoms with van der Waals surface area (Å²) in [5.41, 5.74) is 1.47. The number of amides is 2. The maximum atomic E-state index is 12.3. The van der Waals surface area contributed by atoms with Crippen LogP contribution in [-0.2, 0) is 9.59 Å². The van der Waals surface area contributed by atoms with Gasteiger partial charge in [-0.1, -0.05) is 25.3 Å². The molecule has 1 aliphatic carbocycles. The number of benzene rings is 1. The molecule has 0 heterocycles. The van der Waals surface area contributed by atoms with E-state index in [1.165, 1.54) is 6.42 Å². The number of hydrogen-bond acceptors (Lipinski definition) is 3. The third-order valence-corrected chi connectivity index (χ3v) is 4.22. The Morgan fingerprint density at radius 2 is 1.78 bits per heavy atom. The van der Waals surface area contributed by atoms with Gasteiger partial charge < -0.3 is 16.0 Å². The fraction of sp³-hybridized carbons (Fsp3) is 0.556. The van der Waals surface area contributed by atoms with E-state index in [9.17, 15) is 9.59 Å². The molecule has 2 rings (SSSR count).